The second kappa shape index (κ2) is 4.81. The molecule has 1 aliphatic carbocycles. The number of hydrogen-bond acceptors (Lipinski definition) is 2. The van der Waals surface area contributed by atoms with Crippen molar-refractivity contribution in [1.29, 1.82) is 0 Å². The highest BCUT2D eigenvalue weighted by Crippen LogP contribution is 2.30. The highest BCUT2D eigenvalue weighted by atomic mass is 16.5. The van der Waals surface area contributed by atoms with Crippen molar-refractivity contribution < 1.29 is 4.74 Å². The predicted molar refractivity (Wildman–Crippen MR) is 72.6 cm³/mol. The van der Waals surface area contributed by atoms with Crippen molar-refractivity contribution in [1.82, 2.24) is 4.98 Å². The van der Waals surface area contributed by atoms with E-state index in [2.05, 4.69) is 17.1 Å². The summed E-state index contributed by atoms with van der Waals surface area (Å²) < 4.78 is 5.72. The van der Waals surface area contributed by atoms with Crippen molar-refractivity contribution in [3.8, 4) is 17.0 Å². The maximum absolute atomic E-state index is 5.72. The van der Waals surface area contributed by atoms with E-state index in [0.29, 0.717) is 0 Å². The molecule has 2 aromatic rings. The Morgan fingerprint density at radius 3 is 2.56 bits per heavy atom. The SMILES string of the molecule is Cc1cccc(-c2ccc(OCC3CC3)cc2)n1. The summed E-state index contributed by atoms with van der Waals surface area (Å²) in [7, 11) is 0. The van der Waals surface area contributed by atoms with Crippen molar-refractivity contribution in [2.24, 2.45) is 5.92 Å². The van der Waals surface area contributed by atoms with Gasteiger partial charge in [-0.25, -0.2) is 0 Å². The Morgan fingerprint density at radius 2 is 1.89 bits per heavy atom. The fourth-order valence-electron chi connectivity index (χ4n) is 1.92. The molecule has 0 bridgehead atoms. The van der Waals surface area contributed by atoms with Gasteiger partial charge in [0.1, 0.15) is 5.75 Å². The molecule has 1 aliphatic rings. The molecule has 18 heavy (non-hydrogen) atoms. The van der Waals surface area contributed by atoms with E-state index in [4.69, 9.17) is 4.74 Å². The first-order valence-electron chi connectivity index (χ1n) is 6.48. The van der Waals surface area contributed by atoms with Crippen molar-refractivity contribution in [3.05, 3.63) is 48.2 Å². The molecular weight excluding hydrogens is 222 g/mol. The third kappa shape index (κ3) is 2.70. The largest absolute Gasteiger partial charge is 0.493 e. The average Bonchev–Trinajstić information content (AvgIpc) is 3.21. The predicted octanol–water partition coefficient (Wildman–Crippen LogP) is 3.85. The number of rotatable bonds is 4. The summed E-state index contributed by atoms with van der Waals surface area (Å²) in [4.78, 5) is 4.52. The van der Waals surface area contributed by atoms with Gasteiger partial charge < -0.3 is 4.74 Å². The lowest BCUT2D eigenvalue weighted by atomic mass is 10.1. The lowest BCUT2D eigenvalue weighted by Gasteiger charge is -2.06. The first kappa shape index (κ1) is 11.3. The minimum atomic E-state index is 0.795. The van der Waals surface area contributed by atoms with Gasteiger partial charge in [-0.3, -0.25) is 4.98 Å². The average molecular weight is 239 g/mol. The van der Waals surface area contributed by atoms with Gasteiger partial charge in [0.15, 0.2) is 0 Å². The van der Waals surface area contributed by atoms with E-state index >= 15 is 0 Å². The summed E-state index contributed by atoms with van der Waals surface area (Å²) in [5.41, 5.74) is 3.20. The molecule has 3 rings (SSSR count). The van der Waals surface area contributed by atoms with Crippen LogP contribution in [0.4, 0.5) is 0 Å². The van der Waals surface area contributed by atoms with Crippen LogP contribution in [-0.2, 0) is 0 Å². The van der Waals surface area contributed by atoms with Gasteiger partial charge in [0.25, 0.3) is 0 Å². The zero-order valence-electron chi connectivity index (χ0n) is 10.6. The first-order valence-corrected chi connectivity index (χ1v) is 6.48. The summed E-state index contributed by atoms with van der Waals surface area (Å²) in [6.07, 6.45) is 2.65. The van der Waals surface area contributed by atoms with E-state index in [-0.39, 0.29) is 0 Å². The lowest BCUT2D eigenvalue weighted by molar-refractivity contribution is 0.300. The Morgan fingerprint density at radius 1 is 1.11 bits per heavy atom. The van der Waals surface area contributed by atoms with Gasteiger partial charge in [0, 0.05) is 11.3 Å². The molecular formula is C16H17NO. The van der Waals surface area contributed by atoms with Gasteiger partial charge in [-0.15, -0.1) is 0 Å². The maximum Gasteiger partial charge on any atom is 0.119 e. The summed E-state index contributed by atoms with van der Waals surface area (Å²) >= 11 is 0. The van der Waals surface area contributed by atoms with Gasteiger partial charge in [-0.1, -0.05) is 6.07 Å². The summed E-state index contributed by atoms with van der Waals surface area (Å²) in [5, 5.41) is 0. The standard InChI is InChI=1S/C16H17NO/c1-12-3-2-4-16(17-12)14-7-9-15(10-8-14)18-11-13-5-6-13/h2-4,7-10,13H,5-6,11H2,1H3. The smallest absolute Gasteiger partial charge is 0.119 e. The molecule has 2 nitrogen and oxygen atoms in total. The molecule has 0 amide bonds. The van der Waals surface area contributed by atoms with Crippen LogP contribution in [0.1, 0.15) is 18.5 Å². The Hall–Kier alpha value is -1.83. The molecule has 0 radical (unpaired) electrons. The van der Waals surface area contributed by atoms with Crippen LogP contribution >= 0.6 is 0 Å². The Bertz CT molecular complexity index is 529. The molecule has 2 heteroatoms. The number of nitrogens with zero attached hydrogens (tertiary/aromatic N) is 1. The molecule has 0 aliphatic heterocycles. The molecule has 92 valence electrons. The van der Waals surface area contributed by atoms with Gasteiger partial charge >= 0.3 is 0 Å². The number of aryl methyl sites for hydroxylation is 1. The van der Waals surface area contributed by atoms with E-state index in [1.165, 1.54) is 12.8 Å². The van der Waals surface area contributed by atoms with Crippen LogP contribution in [0.15, 0.2) is 42.5 Å². The Labute approximate surface area is 108 Å². The normalized spacial score (nSPS) is 14.5. The molecule has 0 saturated heterocycles. The van der Waals surface area contributed by atoms with E-state index in [0.717, 1.165) is 35.2 Å². The van der Waals surface area contributed by atoms with Crippen LogP contribution in [-0.4, -0.2) is 11.6 Å². The first-order chi connectivity index (χ1) is 8.81. The third-order valence-corrected chi connectivity index (χ3v) is 3.22. The van der Waals surface area contributed by atoms with E-state index < -0.39 is 0 Å². The van der Waals surface area contributed by atoms with Gasteiger partial charge in [-0.2, -0.15) is 0 Å². The van der Waals surface area contributed by atoms with Crippen LogP contribution in [0.5, 0.6) is 5.75 Å². The number of benzene rings is 1. The highest BCUT2D eigenvalue weighted by molar-refractivity contribution is 5.60. The van der Waals surface area contributed by atoms with Gasteiger partial charge in [0.2, 0.25) is 0 Å². The third-order valence-electron chi connectivity index (χ3n) is 3.22. The Balaban J connectivity index is 1.73. The molecule has 1 saturated carbocycles. The minimum Gasteiger partial charge on any atom is -0.493 e. The quantitative estimate of drug-likeness (QED) is 0.808. The molecule has 1 aromatic heterocycles. The number of aromatic nitrogens is 1. The zero-order chi connectivity index (χ0) is 12.4. The minimum absolute atomic E-state index is 0.795. The lowest BCUT2D eigenvalue weighted by Crippen LogP contribution is -1.98. The monoisotopic (exact) mass is 239 g/mol. The Kier molecular flexibility index (Phi) is 3.01. The molecule has 1 heterocycles. The number of ether oxygens (including phenoxy) is 1. The van der Waals surface area contributed by atoms with Crippen LogP contribution in [0, 0.1) is 12.8 Å². The van der Waals surface area contributed by atoms with Gasteiger partial charge in [-0.05, 0) is 62.1 Å². The number of hydrogen-bond donors (Lipinski definition) is 0. The maximum atomic E-state index is 5.72. The van der Waals surface area contributed by atoms with Crippen LogP contribution in [0.2, 0.25) is 0 Å². The van der Waals surface area contributed by atoms with E-state index in [1.54, 1.807) is 0 Å². The summed E-state index contributed by atoms with van der Waals surface area (Å²) in [6.45, 7) is 2.87. The number of pyridine rings is 1. The van der Waals surface area contributed by atoms with Crippen molar-refractivity contribution in [2.45, 2.75) is 19.8 Å². The summed E-state index contributed by atoms with van der Waals surface area (Å²) in [6, 6.07) is 14.3. The molecule has 1 fully saturated rings. The van der Waals surface area contributed by atoms with Gasteiger partial charge in [0.05, 0.1) is 12.3 Å². The topological polar surface area (TPSA) is 22.1 Å². The van der Waals surface area contributed by atoms with E-state index in [1.807, 2.05) is 37.3 Å². The van der Waals surface area contributed by atoms with Crippen LogP contribution < -0.4 is 4.74 Å². The van der Waals surface area contributed by atoms with Crippen molar-refractivity contribution in [2.75, 3.05) is 6.61 Å². The van der Waals surface area contributed by atoms with E-state index in [9.17, 15) is 0 Å². The van der Waals surface area contributed by atoms with Crippen LogP contribution in [0.3, 0.4) is 0 Å². The molecule has 0 unspecified atom stereocenters. The van der Waals surface area contributed by atoms with Crippen LogP contribution in [0.25, 0.3) is 11.3 Å². The zero-order valence-corrected chi connectivity index (χ0v) is 10.6. The molecule has 0 N–H and O–H groups in total. The van der Waals surface area contributed by atoms with Crippen molar-refractivity contribution in [3.63, 3.8) is 0 Å². The fraction of sp³-hybridized carbons (Fsp3) is 0.312. The van der Waals surface area contributed by atoms with Crippen molar-refractivity contribution >= 4 is 0 Å². The highest BCUT2D eigenvalue weighted by Gasteiger charge is 2.21. The molecule has 0 spiro atoms. The molecule has 0 atom stereocenters. The second-order valence-corrected chi connectivity index (χ2v) is 4.94. The second-order valence-electron chi connectivity index (χ2n) is 4.94. The summed E-state index contributed by atoms with van der Waals surface area (Å²) in [5.74, 6) is 1.75. The fourth-order valence-corrected chi connectivity index (χ4v) is 1.92. The molecule has 1 aromatic carbocycles.